The van der Waals surface area contributed by atoms with Crippen LogP contribution in [0.3, 0.4) is 0 Å². The van der Waals surface area contributed by atoms with E-state index in [1.165, 1.54) is 55.4 Å². The Bertz CT molecular complexity index is 1110. The highest BCUT2D eigenvalue weighted by molar-refractivity contribution is 8.00. The topological polar surface area (TPSA) is 87.2 Å². The highest BCUT2D eigenvalue weighted by Gasteiger charge is 2.06. The van der Waals surface area contributed by atoms with Gasteiger partial charge in [-0.2, -0.15) is 10.2 Å². The predicted molar refractivity (Wildman–Crippen MR) is 147 cm³/mol. The molecule has 0 unspecified atom stereocenters. The minimum absolute atomic E-state index is 0.552. The molecule has 1 heterocycles. The van der Waals surface area contributed by atoms with Crippen molar-refractivity contribution in [2.45, 2.75) is 70.2 Å². The summed E-state index contributed by atoms with van der Waals surface area (Å²) in [6.45, 7) is 8.21. The Kier molecular flexibility index (Phi) is 11.5. The second-order valence-electron chi connectivity index (χ2n) is 8.49. The molecule has 0 spiro atoms. The van der Waals surface area contributed by atoms with Crippen molar-refractivity contribution in [3.8, 4) is 0 Å². The fourth-order valence-corrected chi connectivity index (χ4v) is 4.56. The largest absolute Gasteiger partial charge is 0.313 e. The van der Waals surface area contributed by atoms with Crippen LogP contribution in [0.4, 0.5) is 22.2 Å². The number of thioether (sulfide) groups is 1. The first kappa shape index (κ1) is 27.1. The van der Waals surface area contributed by atoms with Gasteiger partial charge in [-0.25, -0.2) is 0 Å². The van der Waals surface area contributed by atoms with Gasteiger partial charge >= 0.3 is 0 Å². The van der Waals surface area contributed by atoms with E-state index in [9.17, 15) is 0 Å². The molecule has 0 aliphatic carbocycles. The molecule has 0 saturated heterocycles. The number of hydrogen-bond donors (Lipinski definition) is 1. The highest BCUT2D eigenvalue weighted by atomic mass is 32.2. The molecule has 1 aromatic heterocycles. The van der Waals surface area contributed by atoms with Gasteiger partial charge in [-0.15, -0.1) is 20.4 Å². The van der Waals surface area contributed by atoms with E-state index in [2.05, 4.69) is 55.0 Å². The zero-order valence-corrected chi connectivity index (χ0v) is 22.8. The van der Waals surface area contributed by atoms with E-state index in [4.69, 9.17) is 0 Å². The van der Waals surface area contributed by atoms with Crippen LogP contribution in [0.25, 0.3) is 0 Å². The van der Waals surface area contributed by atoms with Crippen molar-refractivity contribution in [3.63, 3.8) is 0 Å². The smallest absolute Gasteiger partial charge is 0.252 e. The number of nitrogens with one attached hydrogen (secondary N) is 1. The van der Waals surface area contributed by atoms with Gasteiger partial charge in [0.2, 0.25) is 0 Å². The molecule has 0 fully saturated rings. The summed E-state index contributed by atoms with van der Waals surface area (Å²) in [5.74, 6) is 0. The van der Waals surface area contributed by atoms with E-state index in [-0.39, 0.29) is 0 Å². The molecule has 2 aromatic carbocycles. The van der Waals surface area contributed by atoms with Crippen LogP contribution >= 0.6 is 23.1 Å². The SMILES string of the molecule is CCCCCCCCNCc1ccc(N=Nc2cc(C)c(N=Nc3nnc(SC)s3)cc2C)cc1. The van der Waals surface area contributed by atoms with Gasteiger partial charge in [-0.1, -0.05) is 74.3 Å². The molecule has 186 valence electrons. The summed E-state index contributed by atoms with van der Waals surface area (Å²) in [4.78, 5) is 0. The first-order valence-electron chi connectivity index (χ1n) is 12.2. The third kappa shape index (κ3) is 9.23. The molecule has 0 atom stereocenters. The molecule has 9 heteroatoms. The molecule has 35 heavy (non-hydrogen) atoms. The summed E-state index contributed by atoms with van der Waals surface area (Å²) >= 11 is 2.97. The number of aryl methyl sites for hydroxylation is 2. The first-order chi connectivity index (χ1) is 17.1. The lowest BCUT2D eigenvalue weighted by molar-refractivity contribution is 0.572. The fraction of sp³-hybridized carbons (Fsp3) is 0.462. The lowest BCUT2D eigenvalue weighted by atomic mass is 10.1. The van der Waals surface area contributed by atoms with Crippen LogP contribution in [0.2, 0.25) is 0 Å². The number of nitrogens with zero attached hydrogens (tertiary/aromatic N) is 6. The maximum absolute atomic E-state index is 4.47. The minimum atomic E-state index is 0.552. The molecule has 0 aliphatic rings. The molecule has 0 saturated carbocycles. The van der Waals surface area contributed by atoms with Gasteiger partial charge < -0.3 is 5.32 Å². The van der Waals surface area contributed by atoms with Crippen LogP contribution in [0.15, 0.2) is 61.2 Å². The summed E-state index contributed by atoms with van der Waals surface area (Å²) in [6.07, 6.45) is 9.91. The lowest BCUT2D eigenvalue weighted by Gasteiger charge is -2.06. The van der Waals surface area contributed by atoms with Crippen LogP contribution in [0, 0.1) is 13.8 Å². The monoisotopic (exact) mass is 509 g/mol. The number of rotatable bonds is 14. The number of benzene rings is 2. The van der Waals surface area contributed by atoms with Gasteiger partial charge in [-0.05, 0) is 74.0 Å². The van der Waals surface area contributed by atoms with Gasteiger partial charge in [0.1, 0.15) is 0 Å². The quantitative estimate of drug-likeness (QED) is 0.133. The summed E-state index contributed by atoms with van der Waals surface area (Å²) < 4.78 is 0.875. The number of azo groups is 2. The average Bonchev–Trinajstić information content (AvgIpc) is 3.34. The molecule has 3 rings (SSSR count). The van der Waals surface area contributed by atoms with Crippen molar-refractivity contribution in [1.82, 2.24) is 15.5 Å². The van der Waals surface area contributed by atoms with E-state index in [0.29, 0.717) is 5.13 Å². The van der Waals surface area contributed by atoms with Crippen molar-refractivity contribution in [2.75, 3.05) is 12.8 Å². The second-order valence-corrected chi connectivity index (χ2v) is 10.5. The number of unbranched alkanes of at least 4 members (excludes halogenated alkanes) is 5. The Morgan fingerprint density at radius 1 is 0.829 bits per heavy atom. The van der Waals surface area contributed by atoms with E-state index >= 15 is 0 Å². The summed E-state index contributed by atoms with van der Waals surface area (Å²) in [5, 5.41) is 29.6. The van der Waals surface area contributed by atoms with Gasteiger partial charge in [0.25, 0.3) is 5.13 Å². The van der Waals surface area contributed by atoms with Crippen LogP contribution in [0.5, 0.6) is 0 Å². The maximum atomic E-state index is 4.47. The van der Waals surface area contributed by atoms with Crippen LogP contribution in [-0.2, 0) is 6.54 Å². The van der Waals surface area contributed by atoms with Gasteiger partial charge in [0, 0.05) is 6.54 Å². The molecule has 0 bridgehead atoms. The van der Waals surface area contributed by atoms with Gasteiger partial charge in [0.15, 0.2) is 4.34 Å². The number of aromatic nitrogens is 2. The van der Waals surface area contributed by atoms with E-state index in [0.717, 1.165) is 45.6 Å². The summed E-state index contributed by atoms with van der Waals surface area (Å²) in [5.41, 5.74) is 5.69. The summed E-state index contributed by atoms with van der Waals surface area (Å²) in [6, 6.07) is 12.2. The molecule has 1 N–H and O–H groups in total. The minimum Gasteiger partial charge on any atom is -0.313 e. The van der Waals surface area contributed by atoms with Gasteiger partial charge in [0.05, 0.1) is 17.1 Å². The van der Waals surface area contributed by atoms with Crippen molar-refractivity contribution < 1.29 is 0 Å². The molecule has 0 aliphatic heterocycles. The van der Waals surface area contributed by atoms with Gasteiger partial charge in [-0.3, -0.25) is 0 Å². The lowest BCUT2D eigenvalue weighted by Crippen LogP contribution is -2.14. The van der Waals surface area contributed by atoms with Crippen LogP contribution in [-0.4, -0.2) is 23.0 Å². The van der Waals surface area contributed by atoms with E-state index in [1.807, 2.05) is 44.4 Å². The molecular weight excluding hydrogens is 474 g/mol. The Labute approximate surface area is 217 Å². The van der Waals surface area contributed by atoms with Crippen LogP contribution < -0.4 is 5.32 Å². The number of hydrogen-bond acceptors (Lipinski definition) is 9. The Balaban J connectivity index is 1.50. The third-order valence-corrected chi connectivity index (χ3v) is 7.36. The Morgan fingerprint density at radius 3 is 2.14 bits per heavy atom. The molecular formula is C26H35N7S2. The Hall–Kier alpha value is -2.49. The molecule has 0 radical (unpaired) electrons. The standard InChI is InChI=1S/C26H35N7S2/c1-5-6-7-8-9-10-15-27-18-21-11-13-22(14-12-21)28-29-23-16-20(3)24(17-19(23)2)30-31-25-32-33-26(34-4)35-25/h11-14,16-17,27H,5-10,15,18H2,1-4H3. The highest BCUT2D eigenvalue weighted by Crippen LogP contribution is 2.32. The van der Waals surface area contributed by atoms with Crippen molar-refractivity contribution in [3.05, 3.63) is 53.1 Å². The first-order valence-corrected chi connectivity index (χ1v) is 14.2. The summed E-state index contributed by atoms with van der Waals surface area (Å²) in [7, 11) is 0. The Morgan fingerprint density at radius 2 is 1.49 bits per heavy atom. The van der Waals surface area contributed by atoms with E-state index < -0.39 is 0 Å². The van der Waals surface area contributed by atoms with Crippen molar-refractivity contribution in [2.24, 2.45) is 20.5 Å². The normalized spacial score (nSPS) is 11.8. The maximum Gasteiger partial charge on any atom is 0.252 e. The zero-order chi connectivity index (χ0) is 24.9. The fourth-order valence-electron chi connectivity index (χ4n) is 3.48. The van der Waals surface area contributed by atoms with E-state index in [1.54, 1.807) is 11.8 Å². The second kappa shape index (κ2) is 14.8. The predicted octanol–water partition coefficient (Wildman–Crippen LogP) is 9.16. The van der Waals surface area contributed by atoms with Crippen LogP contribution in [0.1, 0.15) is 62.1 Å². The van der Waals surface area contributed by atoms with Crippen molar-refractivity contribution in [1.29, 1.82) is 0 Å². The molecule has 7 nitrogen and oxygen atoms in total. The third-order valence-electron chi connectivity index (χ3n) is 5.57. The molecule has 3 aromatic rings. The molecule has 0 amide bonds. The zero-order valence-electron chi connectivity index (χ0n) is 21.1. The van der Waals surface area contributed by atoms with Crippen molar-refractivity contribution >= 4 is 45.3 Å². The average molecular weight is 510 g/mol.